The first-order valence-electron chi connectivity index (χ1n) is 11.2. The molecule has 33 heavy (non-hydrogen) atoms. The van der Waals surface area contributed by atoms with Crippen LogP contribution in [0.4, 0.5) is 5.69 Å². The number of rotatable bonds is 6. The molecule has 4 rings (SSSR count). The molecule has 0 unspecified atom stereocenters. The SMILES string of the molecule is CCN1c2cc(C)c(/C=N\NC(=O)COc3cccc4cccnc34)cc2C(C)=CC1(C)C. The van der Waals surface area contributed by atoms with Gasteiger partial charge in [0, 0.05) is 29.4 Å². The van der Waals surface area contributed by atoms with E-state index in [0.717, 1.165) is 28.6 Å². The molecule has 1 aliphatic rings. The minimum Gasteiger partial charge on any atom is -0.481 e. The maximum atomic E-state index is 12.3. The summed E-state index contributed by atoms with van der Waals surface area (Å²) in [6, 6.07) is 13.8. The number of allylic oxidation sites excluding steroid dienone is 1. The van der Waals surface area contributed by atoms with Crippen molar-refractivity contribution in [3.63, 3.8) is 0 Å². The van der Waals surface area contributed by atoms with Crippen molar-refractivity contribution in [2.24, 2.45) is 5.10 Å². The van der Waals surface area contributed by atoms with Gasteiger partial charge in [0.25, 0.3) is 5.91 Å². The minimum atomic E-state index is -0.329. The Hall–Kier alpha value is -3.67. The summed E-state index contributed by atoms with van der Waals surface area (Å²) in [7, 11) is 0. The van der Waals surface area contributed by atoms with E-state index in [-0.39, 0.29) is 18.1 Å². The lowest BCUT2D eigenvalue weighted by Crippen LogP contribution is -2.45. The average Bonchev–Trinajstić information content (AvgIpc) is 2.78. The molecule has 6 heteroatoms. The Bertz CT molecular complexity index is 1250. The van der Waals surface area contributed by atoms with Gasteiger partial charge in [0.2, 0.25) is 0 Å². The van der Waals surface area contributed by atoms with E-state index in [0.29, 0.717) is 5.75 Å². The average molecular weight is 443 g/mol. The van der Waals surface area contributed by atoms with Crippen LogP contribution >= 0.6 is 0 Å². The number of carbonyl (C=O) groups is 1. The number of hydrogen-bond acceptors (Lipinski definition) is 5. The van der Waals surface area contributed by atoms with E-state index in [1.165, 1.54) is 16.8 Å². The van der Waals surface area contributed by atoms with Crippen molar-refractivity contribution in [1.82, 2.24) is 10.4 Å². The van der Waals surface area contributed by atoms with Crippen molar-refractivity contribution in [2.45, 2.75) is 40.2 Å². The highest BCUT2D eigenvalue weighted by atomic mass is 16.5. The summed E-state index contributed by atoms with van der Waals surface area (Å²) in [5.41, 5.74) is 9.02. The third-order valence-electron chi connectivity index (χ3n) is 6.03. The second-order valence-electron chi connectivity index (χ2n) is 8.86. The number of carbonyl (C=O) groups excluding carboxylic acids is 1. The number of aryl methyl sites for hydroxylation is 1. The number of fused-ring (bicyclic) bond motifs is 2. The van der Waals surface area contributed by atoms with Gasteiger partial charge in [-0.3, -0.25) is 9.78 Å². The Balaban J connectivity index is 1.44. The molecule has 0 radical (unpaired) electrons. The fraction of sp³-hybridized carbons (Fsp3) is 0.296. The van der Waals surface area contributed by atoms with Crippen LogP contribution in [0.25, 0.3) is 16.5 Å². The van der Waals surface area contributed by atoms with E-state index in [2.05, 4.69) is 73.2 Å². The van der Waals surface area contributed by atoms with Crippen LogP contribution in [0.2, 0.25) is 0 Å². The number of para-hydroxylation sites is 1. The van der Waals surface area contributed by atoms with Gasteiger partial charge in [-0.05, 0) is 75.6 Å². The molecule has 0 fully saturated rings. The minimum absolute atomic E-state index is 0.0263. The third kappa shape index (κ3) is 4.60. The molecule has 1 amide bonds. The molecule has 1 N–H and O–H groups in total. The molecule has 2 heterocycles. The summed E-state index contributed by atoms with van der Waals surface area (Å²) < 4.78 is 5.68. The van der Waals surface area contributed by atoms with Crippen LogP contribution in [0.1, 0.15) is 44.4 Å². The molecule has 0 spiro atoms. The second-order valence-corrected chi connectivity index (χ2v) is 8.86. The van der Waals surface area contributed by atoms with Gasteiger partial charge in [0.15, 0.2) is 6.61 Å². The Kier molecular flexibility index (Phi) is 6.18. The van der Waals surface area contributed by atoms with Crippen molar-refractivity contribution in [3.05, 3.63) is 71.4 Å². The lowest BCUT2D eigenvalue weighted by molar-refractivity contribution is -0.123. The number of benzene rings is 2. The van der Waals surface area contributed by atoms with Crippen LogP contribution in [0.3, 0.4) is 0 Å². The van der Waals surface area contributed by atoms with Gasteiger partial charge < -0.3 is 9.64 Å². The predicted molar refractivity (Wildman–Crippen MR) is 135 cm³/mol. The zero-order valence-corrected chi connectivity index (χ0v) is 19.8. The molecule has 170 valence electrons. The van der Waals surface area contributed by atoms with Crippen LogP contribution < -0.4 is 15.1 Å². The number of anilines is 1. The summed E-state index contributed by atoms with van der Waals surface area (Å²) in [4.78, 5) is 19.0. The first-order chi connectivity index (χ1) is 15.8. The summed E-state index contributed by atoms with van der Waals surface area (Å²) in [6.45, 7) is 11.6. The zero-order valence-electron chi connectivity index (χ0n) is 19.8. The van der Waals surface area contributed by atoms with Crippen LogP contribution in [0, 0.1) is 6.92 Å². The summed E-state index contributed by atoms with van der Waals surface area (Å²) in [5.74, 6) is 0.244. The number of amides is 1. The quantitative estimate of drug-likeness (QED) is 0.426. The molecule has 3 aromatic rings. The number of likely N-dealkylation sites (N-methyl/N-ethyl adjacent to an activating group) is 1. The van der Waals surface area contributed by atoms with Gasteiger partial charge in [0.05, 0.1) is 11.8 Å². The Morgan fingerprint density at radius 1 is 1.21 bits per heavy atom. The summed E-state index contributed by atoms with van der Waals surface area (Å²) >= 11 is 0. The van der Waals surface area contributed by atoms with Crippen molar-refractivity contribution < 1.29 is 9.53 Å². The smallest absolute Gasteiger partial charge is 0.277 e. The molecule has 0 atom stereocenters. The molecule has 0 saturated carbocycles. The van der Waals surface area contributed by atoms with Crippen LogP contribution in [-0.2, 0) is 4.79 Å². The second kappa shape index (κ2) is 9.06. The van der Waals surface area contributed by atoms with Crippen molar-refractivity contribution in [1.29, 1.82) is 0 Å². The van der Waals surface area contributed by atoms with Crippen molar-refractivity contribution in [2.75, 3.05) is 18.1 Å². The van der Waals surface area contributed by atoms with Gasteiger partial charge in [-0.25, -0.2) is 5.43 Å². The fourth-order valence-electron chi connectivity index (χ4n) is 4.50. The van der Waals surface area contributed by atoms with Crippen LogP contribution in [0.15, 0.2) is 59.8 Å². The van der Waals surface area contributed by atoms with Gasteiger partial charge >= 0.3 is 0 Å². The van der Waals surface area contributed by atoms with E-state index >= 15 is 0 Å². The first kappa shape index (κ1) is 22.5. The molecular formula is C27H30N4O2. The predicted octanol–water partition coefficient (Wildman–Crippen LogP) is 5.09. The molecule has 1 aliphatic heterocycles. The molecule has 2 aromatic carbocycles. The first-order valence-corrected chi connectivity index (χ1v) is 11.2. The number of nitrogens with zero attached hydrogens (tertiary/aromatic N) is 3. The number of ether oxygens (including phenoxy) is 1. The Morgan fingerprint density at radius 2 is 2.00 bits per heavy atom. The molecule has 0 aliphatic carbocycles. The maximum Gasteiger partial charge on any atom is 0.277 e. The topological polar surface area (TPSA) is 66.8 Å². The lowest BCUT2D eigenvalue weighted by Gasteiger charge is -2.43. The normalized spacial score (nSPS) is 14.8. The van der Waals surface area contributed by atoms with E-state index in [1.54, 1.807) is 18.5 Å². The molecule has 0 saturated heterocycles. The molecular weight excluding hydrogens is 412 g/mol. The van der Waals surface area contributed by atoms with Gasteiger partial charge in [-0.1, -0.05) is 24.3 Å². The number of hydrazone groups is 1. The van der Waals surface area contributed by atoms with E-state index in [4.69, 9.17) is 4.74 Å². The van der Waals surface area contributed by atoms with E-state index in [9.17, 15) is 4.79 Å². The number of hydrogen-bond donors (Lipinski definition) is 1. The van der Waals surface area contributed by atoms with Gasteiger partial charge in [-0.15, -0.1) is 0 Å². The van der Waals surface area contributed by atoms with E-state index < -0.39 is 0 Å². The highest BCUT2D eigenvalue weighted by Gasteiger charge is 2.30. The van der Waals surface area contributed by atoms with Crippen molar-refractivity contribution >= 4 is 34.3 Å². The Morgan fingerprint density at radius 3 is 2.79 bits per heavy atom. The molecule has 1 aromatic heterocycles. The summed E-state index contributed by atoms with van der Waals surface area (Å²) in [6.07, 6.45) is 5.70. The summed E-state index contributed by atoms with van der Waals surface area (Å²) in [5, 5.41) is 5.13. The zero-order chi connectivity index (χ0) is 23.6. The number of nitrogens with one attached hydrogen (secondary N) is 1. The van der Waals surface area contributed by atoms with E-state index in [1.807, 2.05) is 24.3 Å². The largest absolute Gasteiger partial charge is 0.481 e. The maximum absolute atomic E-state index is 12.3. The standard InChI is InChI=1S/C27H30N4O2/c1-6-31-23-13-18(2)21(14-22(23)19(3)15-27(31,4)5)16-29-30-25(32)17-33-24-11-7-9-20-10-8-12-28-26(20)24/h7-16H,6,17H2,1-5H3,(H,30,32)/b29-16-. The third-order valence-corrected chi connectivity index (χ3v) is 6.03. The van der Waals surface area contributed by atoms with Gasteiger partial charge in [-0.2, -0.15) is 5.10 Å². The fourth-order valence-corrected chi connectivity index (χ4v) is 4.50. The monoisotopic (exact) mass is 442 g/mol. The molecule has 0 bridgehead atoms. The van der Waals surface area contributed by atoms with Crippen molar-refractivity contribution in [3.8, 4) is 5.75 Å². The molecule has 6 nitrogen and oxygen atoms in total. The number of pyridine rings is 1. The van der Waals surface area contributed by atoms with Crippen LogP contribution in [-0.4, -0.2) is 35.8 Å². The lowest BCUT2D eigenvalue weighted by atomic mass is 9.87. The highest BCUT2D eigenvalue weighted by Crippen LogP contribution is 2.39. The highest BCUT2D eigenvalue weighted by molar-refractivity contribution is 5.90. The Labute approximate surface area is 195 Å². The van der Waals surface area contributed by atoms with Crippen LogP contribution in [0.5, 0.6) is 5.75 Å². The van der Waals surface area contributed by atoms with Gasteiger partial charge in [0.1, 0.15) is 11.3 Å². The number of aromatic nitrogens is 1.